The smallest absolute Gasteiger partial charge is 0.412 e. The van der Waals surface area contributed by atoms with Crippen LogP contribution in [0.15, 0.2) is 18.2 Å². The van der Waals surface area contributed by atoms with Gasteiger partial charge >= 0.3 is 26.0 Å². The van der Waals surface area contributed by atoms with Crippen molar-refractivity contribution in [2.45, 2.75) is 51.4 Å². The maximum absolute atomic E-state index is 12.5. The van der Waals surface area contributed by atoms with Gasteiger partial charge in [-0.1, -0.05) is 6.07 Å². The van der Waals surface area contributed by atoms with Crippen LogP contribution in [0, 0.1) is 5.92 Å². The number of hydrogen-bond acceptors (Lipinski definition) is 10. The van der Waals surface area contributed by atoms with E-state index in [0.717, 1.165) is 10.4 Å². The first-order valence-corrected chi connectivity index (χ1v) is 11.6. The van der Waals surface area contributed by atoms with Crippen LogP contribution in [0.4, 0.5) is 0 Å². The molecule has 4 rings (SSSR count). The van der Waals surface area contributed by atoms with Gasteiger partial charge in [0.05, 0.1) is 14.2 Å². The van der Waals surface area contributed by atoms with E-state index in [4.69, 9.17) is 14.2 Å². The number of rotatable bonds is 6. The van der Waals surface area contributed by atoms with Gasteiger partial charge in [-0.15, -0.1) is 0 Å². The first kappa shape index (κ1) is 27.3. The molecule has 2 N–H and O–H groups in total. The molecule has 0 spiro atoms. The number of methoxy groups -OCH3 is 2. The van der Waals surface area contributed by atoms with Crippen molar-refractivity contribution in [3.05, 3.63) is 23.8 Å². The molecule has 2 saturated heterocycles. The summed E-state index contributed by atoms with van der Waals surface area (Å²) in [5, 5.41) is 19.0. The van der Waals surface area contributed by atoms with E-state index in [2.05, 4.69) is 4.74 Å². The largest absolute Gasteiger partial charge is 0.468 e. The predicted octanol–water partition coefficient (Wildman–Crippen LogP) is -0.281. The summed E-state index contributed by atoms with van der Waals surface area (Å²) in [6.07, 6.45) is 1.51. The average molecular weight is 504 g/mol. The fourth-order valence-electron chi connectivity index (χ4n) is 4.70. The van der Waals surface area contributed by atoms with E-state index >= 15 is 0 Å². The van der Waals surface area contributed by atoms with Crippen molar-refractivity contribution < 1.29 is 48.2 Å². The maximum Gasteiger partial charge on any atom is 0.412 e. The number of hydrogen-bond donors (Lipinski definition) is 2. The van der Waals surface area contributed by atoms with Crippen LogP contribution >= 0.6 is 0 Å². The van der Waals surface area contributed by atoms with E-state index in [1.54, 1.807) is 6.07 Å². The van der Waals surface area contributed by atoms with Crippen molar-refractivity contribution in [1.29, 1.82) is 0 Å². The number of esters is 2. The quantitative estimate of drug-likeness (QED) is 0.391. The zero-order valence-corrected chi connectivity index (χ0v) is 20.7. The van der Waals surface area contributed by atoms with Crippen LogP contribution < -0.4 is 9.47 Å². The highest BCUT2D eigenvalue weighted by atomic mass is 16.7. The van der Waals surface area contributed by atoms with E-state index in [0.29, 0.717) is 37.2 Å². The zero-order valence-electron chi connectivity index (χ0n) is 20.7. The lowest BCUT2D eigenvalue weighted by Crippen LogP contribution is -2.47. The first-order chi connectivity index (χ1) is 17.1. The summed E-state index contributed by atoms with van der Waals surface area (Å²) in [5.74, 6) is -0.457. The summed E-state index contributed by atoms with van der Waals surface area (Å²) >= 11 is 0. The Hall–Kier alpha value is -3.25. The van der Waals surface area contributed by atoms with Gasteiger partial charge in [0.1, 0.15) is 12.1 Å². The maximum atomic E-state index is 12.5. The Balaban J connectivity index is 0.000000236. The minimum atomic E-state index is -1.03. The number of carbonyl (C=O) groups is 4. The van der Waals surface area contributed by atoms with Crippen molar-refractivity contribution in [3.8, 4) is 11.5 Å². The Morgan fingerprint density at radius 1 is 1.00 bits per heavy atom. The van der Waals surface area contributed by atoms with Crippen LogP contribution in [0.2, 0.25) is 13.6 Å². The molecule has 1 unspecified atom stereocenters. The molecular formula is C22H30B2N2O10. The van der Waals surface area contributed by atoms with E-state index in [9.17, 15) is 29.2 Å². The third kappa shape index (κ3) is 5.76. The third-order valence-corrected chi connectivity index (χ3v) is 6.37. The zero-order chi connectivity index (χ0) is 26.6. The molecule has 0 radical (unpaired) electrons. The lowest BCUT2D eigenvalue weighted by atomic mass is 9.84. The summed E-state index contributed by atoms with van der Waals surface area (Å²) in [4.78, 5) is 49.1. The van der Waals surface area contributed by atoms with Crippen LogP contribution in [0.1, 0.15) is 24.8 Å². The molecule has 3 atom stereocenters. The number of carbonyl (C=O) groups excluding carboxylic acids is 4. The summed E-state index contributed by atoms with van der Waals surface area (Å²) in [6, 6.07) is 4.16. The van der Waals surface area contributed by atoms with Crippen molar-refractivity contribution in [2.75, 3.05) is 21.0 Å². The van der Waals surface area contributed by atoms with E-state index in [1.807, 2.05) is 12.1 Å². The molecule has 36 heavy (non-hydrogen) atoms. The average Bonchev–Trinajstić information content (AvgIpc) is 3.55. The van der Waals surface area contributed by atoms with Gasteiger partial charge in [0.25, 0.3) is 0 Å². The Bertz CT molecular complexity index is 1010. The fraction of sp³-hybridized carbons (Fsp3) is 0.545. The highest BCUT2D eigenvalue weighted by Crippen LogP contribution is 2.35. The summed E-state index contributed by atoms with van der Waals surface area (Å²) in [6.45, 7) is 3.12. The number of fused-ring (bicyclic) bond motifs is 1. The van der Waals surface area contributed by atoms with Gasteiger partial charge in [0.15, 0.2) is 11.5 Å². The third-order valence-electron chi connectivity index (χ3n) is 6.37. The van der Waals surface area contributed by atoms with Crippen molar-refractivity contribution in [2.24, 2.45) is 5.92 Å². The minimum Gasteiger partial charge on any atom is -0.468 e. The molecule has 194 valence electrons. The van der Waals surface area contributed by atoms with Crippen LogP contribution in [-0.4, -0.2) is 90.6 Å². The topological polar surface area (TPSA) is 152 Å². The number of benzene rings is 1. The van der Waals surface area contributed by atoms with Crippen molar-refractivity contribution in [1.82, 2.24) is 9.62 Å². The Kier molecular flexibility index (Phi) is 8.85. The van der Waals surface area contributed by atoms with Crippen molar-refractivity contribution in [3.63, 3.8) is 0 Å². The summed E-state index contributed by atoms with van der Waals surface area (Å²) in [7, 11) is 0.580. The second-order valence-corrected chi connectivity index (χ2v) is 8.75. The van der Waals surface area contributed by atoms with Gasteiger partial charge in [-0.3, -0.25) is 9.59 Å². The molecule has 2 fully saturated rings. The van der Waals surface area contributed by atoms with E-state index in [-0.39, 0.29) is 24.5 Å². The SMILES string of the molecule is COC(=O)[C@@H]1CC(Cc2ccc3c(c2)OCO3)C(=O)N1B(C)O.COC(=O)[C@@H]1CCC(=O)N1B(C)O. The predicted molar refractivity (Wildman–Crippen MR) is 127 cm³/mol. The second-order valence-electron chi connectivity index (χ2n) is 8.75. The van der Waals surface area contributed by atoms with Crippen LogP contribution in [0.5, 0.6) is 11.5 Å². The lowest BCUT2D eigenvalue weighted by molar-refractivity contribution is -0.147. The monoisotopic (exact) mass is 504 g/mol. The molecular weight excluding hydrogens is 474 g/mol. The van der Waals surface area contributed by atoms with Crippen LogP contribution in [-0.2, 0) is 35.1 Å². The second kappa shape index (κ2) is 11.7. The Morgan fingerprint density at radius 2 is 1.61 bits per heavy atom. The molecule has 1 aromatic carbocycles. The Labute approximate surface area is 209 Å². The lowest BCUT2D eigenvalue weighted by Gasteiger charge is -2.23. The number of nitrogens with zero attached hydrogens (tertiary/aromatic N) is 2. The molecule has 0 aliphatic carbocycles. The van der Waals surface area contributed by atoms with Gasteiger partial charge in [-0.2, -0.15) is 0 Å². The van der Waals surface area contributed by atoms with Gasteiger partial charge in [-0.05, 0) is 50.6 Å². The number of amides is 2. The molecule has 3 aliphatic heterocycles. The first-order valence-electron chi connectivity index (χ1n) is 11.6. The van der Waals surface area contributed by atoms with Gasteiger partial charge in [0.2, 0.25) is 18.6 Å². The fourth-order valence-corrected chi connectivity index (χ4v) is 4.70. The standard InChI is InChI=1S/C15H18BNO6.C7H12BNO4/c1-16(20)17-11(15(19)21-2)7-10(14(17)18)5-9-3-4-12-13(6-9)23-8-22-12;1-8(12)9-5(7(11)13-2)3-4-6(9)10/h3-4,6,10-11,20H,5,7-8H2,1-2H3;5,12H,3-4H2,1-2H3/t10?,11-;5-/m00/s1. The number of ether oxygens (including phenoxy) is 4. The van der Waals surface area contributed by atoms with Gasteiger partial charge < -0.3 is 38.6 Å². The molecule has 12 nitrogen and oxygen atoms in total. The molecule has 1 aromatic rings. The Morgan fingerprint density at radius 3 is 2.22 bits per heavy atom. The normalized spacial score (nSPS) is 22.2. The molecule has 0 bridgehead atoms. The van der Waals surface area contributed by atoms with E-state index < -0.39 is 38.1 Å². The highest BCUT2D eigenvalue weighted by molar-refractivity contribution is 6.50. The highest BCUT2D eigenvalue weighted by Gasteiger charge is 2.46. The van der Waals surface area contributed by atoms with Gasteiger partial charge in [-0.25, -0.2) is 9.59 Å². The summed E-state index contributed by atoms with van der Waals surface area (Å²) < 4.78 is 19.9. The van der Waals surface area contributed by atoms with Gasteiger partial charge in [0, 0.05) is 12.3 Å². The molecule has 0 aromatic heterocycles. The minimum absolute atomic E-state index is 0.196. The molecule has 3 heterocycles. The summed E-state index contributed by atoms with van der Waals surface area (Å²) in [5.41, 5.74) is 0.920. The van der Waals surface area contributed by atoms with Crippen molar-refractivity contribution >= 4 is 37.9 Å². The van der Waals surface area contributed by atoms with E-state index in [1.165, 1.54) is 32.7 Å². The van der Waals surface area contributed by atoms with Crippen LogP contribution in [0.3, 0.4) is 0 Å². The molecule has 14 heteroatoms. The molecule has 3 aliphatic rings. The van der Waals surface area contributed by atoms with Crippen LogP contribution in [0.25, 0.3) is 0 Å². The molecule has 2 amide bonds. The molecule has 0 saturated carbocycles.